The Hall–Kier alpha value is -2.37. The topological polar surface area (TPSA) is 65.0 Å². The van der Waals surface area contributed by atoms with E-state index in [1.807, 2.05) is 42.2 Å². The molecule has 0 radical (unpaired) electrons. The number of rotatable bonds is 3. The average Bonchev–Trinajstić information content (AvgIpc) is 2.84. The predicted octanol–water partition coefficient (Wildman–Crippen LogP) is 1.19. The van der Waals surface area contributed by atoms with Gasteiger partial charge in [0.1, 0.15) is 0 Å². The van der Waals surface area contributed by atoms with E-state index < -0.39 is 18.2 Å². The number of nitrogens with zero attached hydrogens (tertiary/aromatic N) is 3. The minimum absolute atomic E-state index is 0.280. The lowest BCUT2D eigenvalue weighted by molar-refractivity contribution is -0.124. The maximum atomic E-state index is 12.1. The number of aliphatic imine (C=N–C) groups is 1. The van der Waals surface area contributed by atoms with Crippen molar-refractivity contribution in [3.63, 3.8) is 0 Å². The first-order valence-electron chi connectivity index (χ1n) is 6.70. The molecule has 20 heavy (non-hydrogen) atoms. The molecule has 1 aromatic carbocycles. The number of amides is 3. The van der Waals surface area contributed by atoms with Crippen molar-refractivity contribution in [1.82, 2.24) is 10.2 Å². The number of nitrogens with one attached hydrogen (secondary N) is 1. The van der Waals surface area contributed by atoms with Gasteiger partial charge in [0.2, 0.25) is 0 Å². The molecule has 2 heterocycles. The molecule has 6 nitrogen and oxygen atoms in total. The Kier molecular flexibility index (Phi) is 3.14. The van der Waals surface area contributed by atoms with Crippen LogP contribution in [0.15, 0.2) is 35.3 Å². The number of hydrogen-bond donors (Lipinski definition) is 1. The minimum Gasteiger partial charge on any atom is -0.347 e. The summed E-state index contributed by atoms with van der Waals surface area (Å²) >= 11 is 0. The highest BCUT2D eigenvalue weighted by Gasteiger charge is 2.47. The van der Waals surface area contributed by atoms with Gasteiger partial charge in [0, 0.05) is 12.2 Å². The van der Waals surface area contributed by atoms with Crippen LogP contribution in [0.5, 0.6) is 0 Å². The summed E-state index contributed by atoms with van der Waals surface area (Å²) in [7, 11) is 0. The highest BCUT2D eigenvalue weighted by molar-refractivity contribution is 6.09. The van der Waals surface area contributed by atoms with Crippen LogP contribution < -0.4 is 10.2 Å². The van der Waals surface area contributed by atoms with Gasteiger partial charge in [-0.25, -0.2) is 9.79 Å². The van der Waals surface area contributed by atoms with Gasteiger partial charge in [-0.05, 0) is 18.6 Å². The van der Waals surface area contributed by atoms with E-state index in [0.717, 1.165) is 18.7 Å². The molecule has 0 spiro atoms. The van der Waals surface area contributed by atoms with Crippen molar-refractivity contribution >= 4 is 24.0 Å². The molecule has 104 valence electrons. The first kappa shape index (κ1) is 12.7. The van der Waals surface area contributed by atoms with Crippen molar-refractivity contribution in [2.45, 2.75) is 25.6 Å². The van der Waals surface area contributed by atoms with Crippen LogP contribution >= 0.6 is 0 Å². The number of para-hydroxylation sites is 1. The van der Waals surface area contributed by atoms with Gasteiger partial charge >= 0.3 is 6.03 Å². The van der Waals surface area contributed by atoms with E-state index in [-0.39, 0.29) is 5.91 Å². The number of benzene rings is 1. The van der Waals surface area contributed by atoms with Gasteiger partial charge in [0.05, 0.1) is 6.34 Å². The van der Waals surface area contributed by atoms with E-state index >= 15 is 0 Å². The average molecular weight is 272 g/mol. The molecule has 2 unspecified atom stereocenters. The van der Waals surface area contributed by atoms with Gasteiger partial charge in [0.25, 0.3) is 5.91 Å². The maximum absolute atomic E-state index is 12.1. The highest BCUT2D eigenvalue weighted by Crippen LogP contribution is 2.27. The maximum Gasteiger partial charge on any atom is 0.330 e. The molecular weight excluding hydrogens is 256 g/mol. The van der Waals surface area contributed by atoms with E-state index in [0.29, 0.717) is 0 Å². The summed E-state index contributed by atoms with van der Waals surface area (Å²) in [6.45, 7) is 2.79. The first-order chi connectivity index (χ1) is 9.72. The molecular formula is C14H16N4O2. The Morgan fingerprint density at radius 1 is 1.25 bits per heavy atom. The first-order valence-corrected chi connectivity index (χ1v) is 6.70. The summed E-state index contributed by atoms with van der Waals surface area (Å²) in [5, 5.41) is 2.41. The lowest BCUT2D eigenvalue weighted by Crippen LogP contribution is -2.64. The molecule has 6 heteroatoms. The molecule has 1 saturated heterocycles. The Morgan fingerprint density at radius 3 is 2.70 bits per heavy atom. The Morgan fingerprint density at radius 2 is 2.00 bits per heavy atom. The fourth-order valence-corrected chi connectivity index (χ4v) is 2.65. The normalized spacial score (nSPS) is 24.9. The number of carbonyl (C=O) groups excluding carboxylic acids is 2. The molecule has 2 aliphatic heterocycles. The Balaban J connectivity index is 1.94. The fraction of sp³-hybridized carbons (Fsp3) is 0.357. The molecule has 0 aliphatic carbocycles. The van der Waals surface area contributed by atoms with Gasteiger partial charge in [-0.2, -0.15) is 0 Å². The third kappa shape index (κ3) is 1.93. The van der Waals surface area contributed by atoms with Crippen LogP contribution in [0.3, 0.4) is 0 Å². The molecule has 0 bridgehead atoms. The van der Waals surface area contributed by atoms with Crippen LogP contribution in [0.25, 0.3) is 0 Å². The second kappa shape index (κ2) is 4.96. The number of fused-ring (bicyclic) bond motifs is 1. The van der Waals surface area contributed by atoms with E-state index in [1.165, 1.54) is 4.90 Å². The van der Waals surface area contributed by atoms with Crippen molar-refractivity contribution in [3.05, 3.63) is 30.3 Å². The van der Waals surface area contributed by atoms with Crippen molar-refractivity contribution < 1.29 is 9.59 Å². The third-order valence-corrected chi connectivity index (χ3v) is 3.51. The second-order valence-electron chi connectivity index (χ2n) is 4.86. The van der Waals surface area contributed by atoms with Crippen LogP contribution in [0, 0.1) is 0 Å². The van der Waals surface area contributed by atoms with Crippen molar-refractivity contribution in [3.8, 4) is 0 Å². The summed E-state index contributed by atoms with van der Waals surface area (Å²) in [5.41, 5.74) is 0.739. The van der Waals surface area contributed by atoms with Gasteiger partial charge in [-0.15, -0.1) is 0 Å². The lowest BCUT2D eigenvalue weighted by atomic mass is 10.1. The van der Waals surface area contributed by atoms with Crippen molar-refractivity contribution in [1.29, 1.82) is 0 Å². The van der Waals surface area contributed by atoms with Crippen LogP contribution in [0.4, 0.5) is 10.5 Å². The minimum atomic E-state index is -0.481. The van der Waals surface area contributed by atoms with Crippen molar-refractivity contribution in [2.24, 2.45) is 4.99 Å². The predicted molar refractivity (Wildman–Crippen MR) is 75.5 cm³/mol. The van der Waals surface area contributed by atoms with E-state index in [2.05, 4.69) is 10.3 Å². The number of imide groups is 1. The second-order valence-corrected chi connectivity index (χ2v) is 4.86. The third-order valence-electron chi connectivity index (χ3n) is 3.51. The molecule has 3 amide bonds. The van der Waals surface area contributed by atoms with Gasteiger partial charge in [0.15, 0.2) is 12.2 Å². The molecule has 1 fully saturated rings. The van der Waals surface area contributed by atoms with E-state index in [9.17, 15) is 9.59 Å². The number of carbonyl (C=O) groups is 2. The lowest BCUT2D eigenvalue weighted by Gasteiger charge is -2.37. The van der Waals surface area contributed by atoms with Crippen LogP contribution in [-0.4, -0.2) is 41.9 Å². The van der Waals surface area contributed by atoms with Crippen molar-refractivity contribution in [2.75, 3.05) is 11.4 Å². The molecule has 1 N–H and O–H groups in total. The van der Waals surface area contributed by atoms with Gasteiger partial charge in [-0.1, -0.05) is 25.1 Å². The van der Waals surface area contributed by atoms with Gasteiger partial charge in [-0.3, -0.25) is 15.0 Å². The fourth-order valence-electron chi connectivity index (χ4n) is 2.65. The number of urea groups is 1. The molecule has 3 rings (SSSR count). The molecule has 2 atom stereocenters. The number of hydrogen-bond acceptors (Lipinski definition) is 4. The molecule has 2 aliphatic rings. The largest absolute Gasteiger partial charge is 0.347 e. The Bertz CT molecular complexity index is 558. The van der Waals surface area contributed by atoms with E-state index in [1.54, 1.807) is 6.34 Å². The smallest absolute Gasteiger partial charge is 0.330 e. The summed E-state index contributed by atoms with van der Waals surface area (Å²) in [4.78, 5) is 32.0. The summed E-state index contributed by atoms with van der Waals surface area (Å²) in [5.74, 6) is -0.280. The van der Waals surface area contributed by atoms with Crippen LogP contribution in [0.2, 0.25) is 0 Å². The zero-order valence-corrected chi connectivity index (χ0v) is 11.2. The Labute approximate surface area is 117 Å². The quantitative estimate of drug-likeness (QED) is 0.899. The SMILES string of the molecule is CCCN1C=NC2C1C(=O)NC(=O)N2c1ccccc1. The number of anilines is 1. The standard InChI is InChI=1S/C14H16N4O2/c1-2-8-17-9-15-12-11(17)13(19)16-14(20)18(12)10-6-4-3-5-7-10/h3-7,9,11-12H,2,8H2,1H3,(H,16,19,20). The summed E-state index contributed by atoms with van der Waals surface area (Å²) in [6, 6.07) is 8.42. The zero-order chi connectivity index (χ0) is 14.1. The monoisotopic (exact) mass is 272 g/mol. The molecule has 0 saturated carbocycles. The van der Waals surface area contributed by atoms with Gasteiger partial charge < -0.3 is 4.90 Å². The van der Waals surface area contributed by atoms with Crippen LogP contribution in [0.1, 0.15) is 13.3 Å². The summed E-state index contributed by atoms with van der Waals surface area (Å²) < 4.78 is 0. The van der Waals surface area contributed by atoms with E-state index in [4.69, 9.17) is 0 Å². The molecule has 0 aromatic heterocycles. The zero-order valence-electron chi connectivity index (χ0n) is 11.2. The summed E-state index contributed by atoms with van der Waals surface area (Å²) in [6.07, 6.45) is 2.11. The van der Waals surface area contributed by atoms with Crippen LogP contribution in [-0.2, 0) is 4.79 Å². The highest BCUT2D eigenvalue weighted by atomic mass is 16.2. The molecule has 1 aromatic rings.